The second-order valence-electron chi connectivity index (χ2n) is 4.43. The number of rotatable bonds is 3. The van der Waals surface area contributed by atoms with Gasteiger partial charge in [-0.05, 0) is 36.1 Å². The molecule has 0 N–H and O–H groups in total. The fraction of sp³-hybridized carbons (Fsp3) is 0.125. The number of hydrogen-bond donors (Lipinski definition) is 0. The van der Waals surface area contributed by atoms with Gasteiger partial charge in [0.05, 0.1) is 0 Å². The van der Waals surface area contributed by atoms with E-state index in [0.29, 0.717) is 6.61 Å². The summed E-state index contributed by atoms with van der Waals surface area (Å²) >= 11 is 7.97. The highest BCUT2D eigenvalue weighted by Crippen LogP contribution is 2.32. The van der Waals surface area contributed by atoms with E-state index in [0.717, 1.165) is 27.3 Å². The lowest BCUT2D eigenvalue weighted by atomic mass is 10.2. The summed E-state index contributed by atoms with van der Waals surface area (Å²) < 4.78 is 7.10. The van der Waals surface area contributed by atoms with E-state index in [4.69, 9.17) is 16.3 Å². The second-order valence-corrected chi connectivity index (χ2v) is 5.75. The van der Waals surface area contributed by atoms with Gasteiger partial charge < -0.3 is 4.74 Å². The van der Waals surface area contributed by atoms with Crippen molar-refractivity contribution >= 4 is 33.0 Å². The molecule has 0 saturated carbocycles. The zero-order chi connectivity index (χ0) is 13.2. The van der Waals surface area contributed by atoms with Crippen LogP contribution in [-0.2, 0) is 6.61 Å². The first-order valence-corrected chi connectivity index (χ1v) is 7.34. The van der Waals surface area contributed by atoms with Gasteiger partial charge in [-0.15, -0.1) is 11.3 Å². The van der Waals surface area contributed by atoms with Gasteiger partial charge in [0.15, 0.2) is 0 Å². The Hall–Kier alpha value is -1.51. The van der Waals surface area contributed by atoms with Crippen LogP contribution in [0.5, 0.6) is 5.75 Å². The van der Waals surface area contributed by atoms with Crippen LogP contribution in [0.1, 0.15) is 11.1 Å². The van der Waals surface area contributed by atoms with Crippen molar-refractivity contribution in [3.63, 3.8) is 0 Å². The number of halogens is 1. The molecule has 0 fully saturated rings. The van der Waals surface area contributed by atoms with Crippen molar-refractivity contribution in [1.29, 1.82) is 0 Å². The Labute approximate surface area is 121 Å². The van der Waals surface area contributed by atoms with Gasteiger partial charge in [0.25, 0.3) is 0 Å². The maximum atomic E-state index is 6.27. The van der Waals surface area contributed by atoms with E-state index < -0.39 is 0 Å². The van der Waals surface area contributed by atoms with E-state index >= 15 is 0 Å². The Morgan fingerprint density at radius 1 is 1.11 bits per heavy atom. The number of hydrogen-bond acceptors (Lipinski definition) is 2. The molecule has 19 heavy (non-hydrogen) atoms. The molecule has 0 unspecified atom stereocenters. The number of thiophene rings is 1. The predicted octanol–water partition coefficient (Wildman–Crippen LogP) is 5.44. The molecule has 0 amide bonds. The zero-order valence-corrected chi connectivity index (χ0v) is 12.1. The van der Waals surface area contributed by atoms with Crippen LogP contribution in [0.25, 0.3) is 10.1 Å². The number of aryl methyl sites for hydroxylation is 1. The molecule has 1 nitrogen and oxygen atoms in total. The molecule has 2 aromatic carbocycles. The molecule has 3 heteroatoms. The van der Waals surface area contributed by atoms with Crippen LogP contribution in [0.3, 0.4) is 0 Å². The van der Waals surface area contributed by atoms with Crippen molar-refractivity contribution < 1.29 is 4.74 Å². The normalized spacial score (nSPS) is 10.8. The van der Waals surface area contributed by atoms with Crippen LogP contribution in [0.2, 0.25) is 5.02 Å². The maximum Gasteiger partial charge on any atom is 0.122 e. The van der Waals surface area contributed by atoms with E-state index in [1.807, 2.05) is 43.3 Å². The van der Waals surface area contributed by atoms with Gasteiger partial charge in [0.2, 0.25) is 0 Å². The van der Waals surface area contributed by atoms with E-state index in [9.17, 15) is 0 Å². The Kier molecular flexibility index (Phi) is 3.45. The topological polar surface area (TPSA) is 9.23 Å². The van der Waals surface area contributed by atoms with Crippen LogP contribution in [0.15, 0.2) is 47.8 Å². The van der Waals surface area contributed by atoms with Crippen molar-refractivity contribution in [1.82, 2.24) is 0 Å². The summed E-state index contributed by atoms with van der Waals surface area (Å²) in [7, 11) is 0. The molecule has 0 aliphatic carbocycles. The van der Waals surface area contributed by atoms with E-state index in [2.05, 4.69) is 11.4 Å². The van der Waals surface area contributed by atoms with Gasteiger partial charge >= 0.3 is 0 Å². The maximum absolute atomic E-state index is 6.27. The van der Waals surface area contributed by atoms with Crippen LogP contribution >= 0.6 is 22.9 Å². The first-order chi connectivity index (χ1) is 9.25. The van der Waals surface area contributed by atoms with E-state index in [-0.39, 0.29) is 0 Å². The molecule has 3 rings (SSSR count). The van der Waals surface area contributed by atoms with Crippen molar-refractivity contribution in [3.8, 4) is 5.75 Å². The van der Waals surface area contributed by atoms with Crippen molar-refractivity contribution in [3.05, 3.63) is 64.0 Å². The van der Waals surface area contributed by atoms with Crippen LogP contribution < -0.4 is 4.74 Å². The molecule has 0 spiro atoms. The van der Waals surface area contributed by atoms with Crippen molar-refractivity contribution in [2.45, 2.75) is 13.5 Å². The minimum absolute atomic E-state index is 0.550. The quantitative estimate of drug-likeness (QED) is 0.623. The average molecular weight is 289 g/mol. The molecule has 0 bridgehead atoms. The molecule has 0 aliphatic heterocycles. The van der Waals surface area contributed by atoms with Gasteiger partial charge in [-0.25, -0.2) is 0 Å². The molecule has 1 aromatic heterocycles. The first kappa shape index (κ1) is 12.5. The monoisotopic (exact) mass is 288 g/mol. The van der Waals surface area contributed by atoms with Crippen molar-refractivity contribution in [2.75, 3.05) is 0 Å². The summed E-state index contributed by atoms with van der Waals surface area (Å²) in [6, 6.07) is 14.0. The number of para-hydroxylation sites is 1. The number of ether oxygens (including phenoxy) is 1. The van der Waals surface area contributed by atoms with Crippen LogP contribution in [0, 0.1) is 6.92 Å². The molecule has 0 radical (unpaired) electrons. The van der Waals surface area contributed by atoms with Gasteiger partial charge in [0.1, 0.15) is 12.4 Å². The van der Waals surface area contributed by atoms with Gasteiger partial charge in [-0.3, -0.25) is 0 Å². The molecule has 0 atom stereocenters. The zero-order valence-electron chi connectivity index (χ0n) is 10.5. The smallest absolute Gasteiger partial charge is 0.122 e. The minimum atomic E-state index is 0.550. The van der Waals surface area contributed by atoms with Crippen molar-refractivity contribution in [2.24, 2.45) is 0 Å². The summed E-state index contributed by atoms with van der Waals surface area (Å²) in [6.07, 6.45) is 0. The fourth-order valence-electron chi connectivity index (χ4n) is 2.09. The van der Waals surface area contributed by atoms with E-state index in [1.54, 1.807) is 11.3 Å². The highest BCUT2D eigenvalue weighted by molar-refractivity contribution is 7.17. The Bertz CT molecular complexity index is 718. The Morgan fingerprint density at radius 2 is 1.95 bits per heavy atom. The Balaban J connectivity index is 1.89. The summed E-state index contributed by atoms with van der Waals surface area (Å²) in [5, 5.41) is 4.03. The molecule has 1 heterocycles. The van der Waals surface area contributed by atoms with Crippen LogP contribution in [-0.4, -0.2) is 0 Å². The molecular formula is C16H13ClOS. The summed E-state index contributed by atoms with van der Waals surface area (Å²) in [4.78, 5) is 0. The summed E-state index contributed by atoms with van der Waals surface area (Å²) in [5.41, 5.74) is 2.29. The number of fused-ring (bicyclic) bond motifs is 1. The largest absolute Gasteiger partial charge is 0.489 e. The van der Waals surface area contributed by atoms with E-state index in [1.165, 1.54) is 4.70 Å². The SMILES string of the molecule is Cc1ccccc1OCc1csc2cccc(Cl)c12. The lowest BCUT2D eigenvalue weighted by molar-refractivity contribution is 0.306. The predicted molar refractivity (Wildman–Crippen MR) is 82.3 cm³/mol. The van der Waals surface area contributed by atoms with Gasteiger partial charge in [-0.1, -0.05) is 35.9 Å². The lowest BCUT2D eigenvalue weighted by Gasteiger charge is -2.08. The van der Waals surface area contributed by atoms with Gasteiger partial charge in [0, 0.05) is 20.7 Å². The third-order valence-corrected chi connectivity index (χ3v) is 4.41. The highest BCUT2D eigenvalue weighted by atomic mass is 35.5. The molecule has 96 valence electrons. The molecular weight excluding hydrogens is 276 g/mol. The van der Waals surface area contributed by atoms with Crippen LogP contribution in [0.4, 0.5) is 0 Å². The summed E-state index contributed by atoms with van der Waals surface area (Å²) in [5.74, 6) is 0.925. The molecule has 0 saturated heterocycles. The highest BCUT2D eigenvalue weighted by Gasteiger charge is 2.08. The summed E-state index contributed by atoms with van der Waals surface area (Å²) in [6.45, 7) is 2.60. The van der Waals surface area contributed by atoms with Gasteiger partial charge in [-0.2, -0.15) is 0 Å². The third kappa shape index (κ3) is 2.46. The fourth-order valence-corrected chi connectivity index (χ4v) is 3.41. The molecule has 3 aromatic rings. The average Bonchev–Trinajstić information content (AvgIpc) is 2.83. The lowest BCUT2D eigenvalue weighted by Crippen LogP contribution is -1.96. The minimum Gasteiger partial charge on any atom is -0.489 e. The number of benzene rings is 2. The third-order valence-electron chi connectivity index (χ3n) is 3.10. The first-order valence-electron chi connectivity index (χ1n) is 6.09. The Morgan fingerprint density at radius 3 is 2.79 bits per heavy atom. The standard InChI is InChI=1S/C16H13ClOS/c1-11-5-2-3-7-14(11)18-9-12-10-19-15-8-4-6-13(17)16(12)15/h2-8,10H,9H2,1H3. The second kappa shape index (κ2) is 5.24. The molecule has 0 aliphatic rings.